The third-order valence-corrected chi connectivity index (χ3v) is 4.57. The highest BCUT2D eigenvalue weighted by atomic mass is 16.5. The largest absolute Gasteiger partial charge is 0.379 e. The molecular formula is C17H29N5O. The van der Waals surface area contributed by atoms with Crippen molar-refractivity contribution < 1.29 is 4.74 Å². The minimum absolute atomic E-state index is 0.394. The molecule has 0 aromatic carbocycles. The van der Waals surface area contributed by atoms with Crippen molar-refractivity contribution in [1.29, 1.82) is 0 Å². The van der Waals surface area contributed by atoms with Gasteiger partial charge in [0, 0.05) is 44.2 Å². The first-order chi connectivity index (χ1) is 11.2. The predicted octanol–water partition coefficient (Wildman–Crippen LogP) is 2.31. The number of ether oxygens (including phenoxy) is 1. The van der Waals surface area contributed by atoms with Crippen LogP contribution in [-0.4, -0.2) is 60.3 Å². The lowest BCUT2D eigenvalue weighted by molar-refractivity contribution is 0.0398. The molecule has 3 rings (SSSR count). The number of rotatable bonds is 8. The highest BCUT2D eigenvalue weighted by Gasteiger charge is 2.26. The van der Waals surface area contributed by atoms with E-state index in [2.05, 4.69) is 40.4 Å². The highest BCUT2D eigenvalue weighted by molar-refractivity contribution is 5.44. The Bertz CT molecular complexity index is 500. The second-order valence-corrected chi connectivity index (χ2v) is 6.61. The fraction of sp³-hybridized carbons (Fsp3) is 0.765. The summed E-state index contributed by atoms with van der Waals surface area (Å²) in [6.07, 6.45) is 3.58. The lowest BCUT2D eigenvalue weighted by atomic mass is 10.2. The predicted molar refractivity (Wildman–Crippen MR) is 93.1 cm³/mol. The summed E-state index contributed by atoms with van der Waals surface area (Å²) >= 11 is 0. The van der Waals surface area contributed by atoms with Crippen molar-refractivity contribution in [1.82, 2.24) is 14.9 Å². The summed E-state index contributed by atoms with van der Waals surface area (Å²) < 4.78 is 5.39. The summed E-state index contributed by atoms with van der Waals surface area (Å²) in [7, 11) is 0. The van der Waals surface area contributed by atoms with Crippen molar-refractivity contribution in [3.05, 3.63) is 11.8 Å². The van der Waals surface area contributed by atoms with Crippen molar-refractivity contribution in [3.8, 4) is 0 Å². The van der Waals surface area contributed by atoms with Crippen LogP contribution < -0.4 is 10.6 Å². The van der Waals surface area contributed by atoms with E-state index in [0.717, 1.165) is 57.6 Å². The Labute approximate surface area is 139 Å². The van der Waals surface area contributed by atoms with Gasteiger partial charge in [0.2, 0.25) is 5.95 Å². The number of nitrogens with zero attached hydrogens (tertiary/aromatic N) is 3. The van der Waals surface area contributed by atoms with Crippen LogP contribution in [0.1, 0.15) is 44.7 Å². The van der Waals surface area contributed by atoms with Crippen LogP contribution in [0.5, 0.6) is 0 Å². The Balaban J connectivity index is 1.58. The van der Waals surface area contributed by atoms with Crippen LogP contribution >= 0.6 is 0 Å². The van der Waals surface area contributed by atoms with E-state index in [1.54, 1.807) is 0 Å². The van der Waals surface area contributed by atoms with Crippen LogP contribution in [0, 0.1) is 0 Å². The maximum Gasteiger partial charge on any atom is 0.225 e. The van der Waals surface area contributed by atoms with Gasteiger partial charge in [-0.25, -0.2) is 4.98 Å². The van der Waals surface area contributed by atoms with Crippen molar-refractivity contribution in [2.45, 2.75) is 45.1 Å². The van der Waals surface area contributed by atoms with Crippen molar-refractivity contribution in [2.75, 3.05) is 50.0 Å². The summed E-state index contributed by atoms with van der Waals surface area (Å²) in [5.74, 6) is 2.34. The molecule has 1 aliphatic heterocycles. The molecule has 2 heterocycles. The molecule has 128 valence electrons. The van der Waals surface area contributed by atoms with Crippen molar-refractivity contribution >= 4 is 11.8 Å². The number of morpholine rings is 1. The van der Waals surface area contributed by atoms with Gasteiger partial charge < -0.3 is 15.4 Å². The molecule has 1 saturated carbocycles. The minimum Gasteiger partial charge on any atom is -0.379 e. The van der Waals surface area contributed by atoms with Gasteiger partial charge in [0.1, 0.15) is 5.82 Å². The monoisotopic (exact) mass is 319 g/mol. The minimum atomic E-state index is 0.394. The van der Waals surface area contributed by atoms with Gasteiger partial charge in [0.05, 0.1) is 18.9 Å². The summed E-state index contributed by atoms with van der Waals surface area (Å²) in [4.78, 5) is 11.8. The lowest BCUT2D eigenvalue weighted by Gasteiger charge is -2.26. The number of aromatic nitrogens is 2. The molecule has 1 atom stereocenters. The maximum absolute atomic E-state index is 5.39. The molecule has 0 unspecified atom stereocenters. The molecule has 2 N–H and O–H groups in total. The highest BCUT2D eigenvalue weighted by Crippen LogP contribution is 2.39. The van der Waals surface area contributed by atoms with Gasteiger partial charge in [0.15, 0.2) is 0 Å². The molecule has 6 heteroatoms. The van der Waals surface area contributed by atoms with Gasteiger partial charge in [0.25, 0.3) is 0 Å². The molecule has 0 bridgehead atoms. The van der Waals surface area contributed by atoms with Gasteiger partial charge in [-0.2, -0.15) is 4.98 Å². The first-order valence-electron chi connectivity index (χ1n) is 8.94. The average molecular weight is 319 g/mol. The molecular weight excluding hydrogens is 290 g/mol. The van der Waals surface area contributed by atoms with Gasteiger partial charge in [-0.05, 0) is 26.2 Å². The average Bonchev–Trinajstić information content (AvgIpc) is 3.40. The van der Waals surface area contributed by atoms with E-state index in [0.29, 0.717) is 12.0 Å². The zero-order valence-corrected chi connectivity index (χ0v) is 14.3. The Hall–Kier alpha value is -1.40. The molecule has 1 aromatic heterocycles. The summed E-state index contributed by atoms with van der Waals surface area (Å²) in [6.45, 7) is 10.0. The third kappa shape index (κ3) is 5.04. The maximum atomic E-state index is 5.39. The number of anilines is 2. The van der Waals surface area contributed by atoms with Gasteiger partial charge in [-0.1, -0.05) is 6.92 Å². The van der Waals surface area contributed by atoms with Crippen LogP contribution in [-0.2, 0) is 4.74 Å². The van der Waals surface area contributed by atoms with E-state index >= 15 is 0 Å². The molecule has 0 amide bonds. The van der Waals surface area contributed by atoms with E-state index in [4.69, 9.17) is 9.72 Å². The number of hydrogen-bond donors (Lipinski definition) is 2. The molecule has 1 saturated heterocycles. The SMILES string of the molecule is CC[C@@H](C)Nc1nc(NCCN2CCOCC2)cc(C2CC2)n1. The molecule has 2 fully saturated rings. The topological polar surface area (TPSA) is 62.3 Å². The van der Waals surface area contributed by atoms with Gasteiger partial charge >= 0.3 is 0 Å². The molecule has 0 spiro atoms. The fourth-order valence-electron chi connectivity index (χ4n) is 2.70. The van der Waals surface area contributed by atoms with E-state index in [9.17, 15) is 0 Å². The summed E-state index contributed by atoms with van der Waals surface area (Å²) in [5.41, 5.74) is 1.18. The van der Waals surface area contributed by atoms with Crippen molar-refractivity contribution in [3.63, 3.8) is 0 Å². The first kappa shape index (κ1) is 16.5. The third-order valence-electron chi connectivity index (χ3n) is 4.57. The normalized spacial score (nSPS) is 20.3. The van der Waals surface area contributed by atoms with E-state index < -0.39 is 0 Å². The van der Waals surface area contributed by atoms with Crippen molar-refractivity contribution in [2.24, 2.45) is 0 Å². The molecule has 2 aliphatic rings. The van der Waals surface area contributed by atoms with Crippen LogP contribution in [0.2, 0.25) is 0 Å². The zero-order valence-electron chi connectivity index (χ0n) is 14.3. The first-order valence-corrected chi connectivity index (χ1v) is 8.94. The molecule has 23 heavy (non-hydrogen) atoms. The zero-order chi connectivity index (χ0) is 16.1. The van der Waals surface area contributed by atoms with E-state index in [1.165, 1.54) is 18.5 Å². The van der Waals surface area contributed by atoms with Crippen LogP contribution in [0.3, 0.4) is 0 Å². The molecule has 1 aliphatic carbocycles. The van der Waals surface area contributed by atoms with Gasteiger partial charge in [-0.15, -0.1) is 0 Å². The number of nitrogens with one attached hydrogen (secondary N) is 2. The van der Waals surface area contributed by atoms with Gasteiger partial charge in [-0.3, -0.25) is 4.90 Å². The quantitative estimate of drug-likeness (QED) is 0.767. The van der Waals surface area contributed by atoms with E-state index in [-0.39, 0.29) is 0 Å². The molecule has 6 nitrogen and oxygen atoms in total. The fourth-order valence-corrected chi connectivity index (χ4v) is 2.70. The smallest absolute Gasteiger partial charge is 0.225 e. The standard InChI is InChI=1S/C17H29N5O/c1-3-13(2)19-17-20-15(14-4-5-14)12-16(21-17)18-6-7-22-8-10-23-11-9-22/h12-14H,3-11H2,1-2H3,(H2,18,19,20,21)/t13-/m1/s1. The summed E-state index contributed by atoms with van der Waals surface area (Å²) in [5, 5.41) is 6.88. The lowest BCUT2D eigenvalue weighted by Crippen LogP contribution is -2.39. The summed E-state index contributed by atoms with van der Waals surface area (Å²) in [6, 6.07) is 2.52. The second-order valence-electron chi connectivity index (χ2n) is 6.61. The molecule has 1 aromatic rings. The van der Waals surface area contributed by atoms with Crippen LogP contribution in [0.25, 0.3) is 0 Å². The Morgan fingerprint density at radius 1 is 1.30 bits per heavy atom. The van der Waals surface area contributed by atoms with E-state index in [1.807, 2.05) is 0 Å². The second kappa shape index (κ2) is 7.93. The van der Waals surface area contributed by atoms with Crippen LogP contribution in [0.15, 0.2) is 6.07 Å². The Morgan fingerprint density at radius 3 is 2.78 bits per heavy atom. The number of hydrogen-bond acceptors (Lipinski definition) is 6. The Morgan fingerprint density at radius 2 is 2.09 bits per heavy atom. The molecule has 0 radical (unpaired) electrons. The van der Waals surface area contributed by atoms with Crippen LogP contribution in [0.4, 0.5) is 11.8 Å². The Kier molecular flexibility index (Phi) is 5.67.